The van der Waals surface area contributed by atoms with E-state index in [1.807, 2.05) is 36.5 Å². The second-order valence-electron chi connectivity index (χ2n) is 5.95. The number of hydrogen-bond donors (Lipinski definition) is 1. The smallest absolute Gasteiger partial charge is 0.346 e. The summed E-state index contributed by atoms with van der Waals surface area (Å²) in [6, 6.07) is 9.44. The minimum atomic E-state index is -0.293. The van der Waals surface area contributed by atoms with E-state index >= 15 is 0 Å². The number of benzene rings is 1. The lowest BCUT2D eigenvalue weighted by molar-refractivity contribution is 0.0760. The standard InChI is InChI=1S/C17H16N6O2/c18-6-9-23-17(25)22-11-10-21(8-5-15(22)20-23)16(24)13-2-1-3-14-12(13)4-7-19-14/h1-4,7,19H,5,8-11H2. The lowest BCUT2D eigenvalue weighted by Crippen LogP contribution is -2.35. The van der Waals surface area contributed by atoms with E-state index in [0.29, 0.717) is 37.4 Å². The summed E-state index contributed by atoms with van der Waals surface area (Å²) < 4.78 is 2.73. The lowest BCUT2D eigenvalue weighted by atomic mass is 10.1. The molecular formula is C17H16N6O2. The van der Waals surface area contributed by atoms with Crippen LogP contribution in [-0.2, 0) is 19.5 Å². The Balaban J connectivity index is 1.60. The van der Waals surface area contributed by atoms with Crippen molar-refractivity contribution in [1.29, 1.82) is 5.26 Å². The molecule has 0 bridgehead atoms. The van der Waals surface area contributed by atoms with E-state index in [2.05, 4.69) is 10.1 Å². The third kappa shape index (κ3) is 2.50. The van der Waals surface area contributed by atoms with Crippen LogP contribution in [0.5, 0.6) is 0 Å². The second kappa shape index (κ2) is 5.94. The molecule has 1 aliphatic rings. The van der Waals surface area contributed by atoms with Crippen molar-refractivity contribution in [2.24, 2.45) is 0 Å². The number of aromatic nitrogens is 4. The van der Waals surface area contributed by atoms with Gasteiger partial charge in [-0.25, -0.2) is 4.79 Å². The van der Waals surface area contributed by atoms with Gasteiger partial charge in [-0.2, -0.15) is 15.0 Å². The lowest BCUT2D eigenvalue weighted by Gasteiger charge is -2.20. The predicted octanol–water partition coefficient (Wildman–Crippen LogP) is 0.748. The van der Waals surface area contributed by atoms with Crippen LogP contribution in [0.15, 0.2) is 35.3 Å². The molecule has 8 nitrogen and oxygen atoms in total. The van der Waals surface area contributed by atoms with E-state index in [0.717, 1.165) is 10.9 Å². The van der Waals surface area contributed by atoms with Gasteiger partial charge >= 0.3 is 5.69 Å². The summed E-state index contributed by atoms with van der Waals surface area (Å²) in [5.41, 5.74) is 1.28. The van der Waals surface area contributed by atoms with Crippen molar-refractivity contribution in [2.45, 2.75) is 19.5 Å². The fourth-order valence-electron chi connectivity index (χ4n) is 3.28. The summed E-state index contributed by atoms with van der Waals surface area (Å²) in [4.78, 5) is 30.1. The zero-order valence-corrected chi connectivity index (χ0v) is 13.5. The van der Waals surface area contributed by atoms with E-state index in [1.54, 1.807) is 9.47 Å². The van der Waals surface area contributed by atoms with E-state index in [9.17, 15) is 9.59 Å². The highest BCUT2D eigenvalue weighted by Gasteiger charge is 2.24. The van der Waals surface area contributed by atoms with Crippen LogP contribution in [0, 0.1) is 11.3 Å². The zero-order valence-electron chi connectivity index (χ0n) is 13.5. The molecule has 1 aromatic carbocycles. The molecule has 0 fully saturated rings. The minimum Gasteiger partial charge on any atom is -0.361 e. The molecule has 0 spiro atoms. The van der Waals surface area contributed by atoms with Crippen LogP contribution < -0.4 is 5.69 Å². The first-order valence-corrected chi connectivity index (χ1v) is 8.08. The number of nitrogens with one attached hydrogen (secondary N) is 1. The average molecular weight is 336 g/mol. The molecule has 1 aliphatic heterocycles. The van der Waals surface area contributed by atoms with Gasteiger partial charge in [-0.3, -0.25) is 9.36 Å². The highest BCUT2D eigenvalue weighted by atomic mass is 16.2. The van der Waals surface area contributed by atoms with Crippen molar-refractivity contribution in [3.8, 4) is 6.07 Å². The highest BCUT2D eigenvalue weighted by Crippen LogP contribution is 2.20. The molecule has 0 atom stereocenters. The molecule has 2 aromatic heterocycles. The number of carbonyl (C=O) groups is 1. The first-order chi connectivity index (χ1) is 12.2. The monoisotopic (exact) mass is 336 g/mol. The highest BCUT2D eigenvalue weighted by molar-refractivity contribution is 6.06. The molecule has 1 amide bonds. The molecule has 126 valence electrons. The number of rotatable bonds is 2. The molecule has 1 N–H and O–H groups in total. The van der Waals surface area contributed by atoms with E-state index in [1.165, 1.54) is 4.68 Å². The number of fused-ring (bicyclic) bond motifs is 2. The zero-order chi connectivity index (χ0) is 17.4. The molecular weight excluding hydrogens is 320 g/mol. The fourth-order valence-corrected chi connectivity index (χ4v) is 3.28. The van der Waals surface area contributed by atoms with Crippen molar-refractivity contribution >= 4 is 16.8 Å². The Morgan fingerprint density at radius 3 is 3.00 bits per heavy atom. The number of nitriles is 1. The Kier molecular flexibility index (Phi) is 3.61. The van der Waals surface area contributed by atoms with Gasteiger partial charge in [0.2, 0.25) is 0 Å². The van der Waals surface area contributed by atoms with Gasteiger partial charge in [0.15, 0.2) is 0 Å². The van der Waals surface area contributed by atoms with Crippen LogP contribution >= 0.6 is 0 Å². The molecule has 0 radical (unpaired) electrons. The maximum atomic E-state index is 12.9. The third-order valence-corrected chi connectivity index (χ3v) is 4.53. The van der Waals surface area contributed by atoms with Crippen molar-refractivity contribution in [3.63, 3.8) is 0 Å². The molecule has 0 saturated heterocycles. The Morgan fingerprint density at radius 1 is 1.28 bits per heavy atom. The van der Waals surface area contributed by atoms with Gasteiger partial charge in [0.25, 0.3) is 5.91 Å². The number of amides is 1. The first kappa shape index (κ1) is 15.2. The maximum Gasteiger partial charge on any atom is 0.346 e. The first-order valence-electron chi connectivity index (χ1n) is 8.08. The van der Waals surface area contributed by atoms with Crippen LogP contribution in [0.25, 0.3) is 10.9 Å². The number of aromatic amines is 1. The Morgan fingerprint density at radius 2 is 2.16 bits per heavy atom. The topological polar surface area (TPSA) is 99.7 Å². The van der Waals surface area contributed by atoms with Gasteiger partial charge in [-0.1, -0.05) is 6.07 Å². The van der Waals surface area contributed by atoms with Gasteiger partial charge in [-0.05, 0) is 18.2 Å². The van der Waals surface area contributed by atoms with Crippen molar-refractivity contribution in [2.75, 3.05) is 13.1 Å². The Hall–Kier alpha value is -3.34. The molecule has 3 heterocycles. The number of H-pyrrole nitrogens is 1. The van der Waals surface area contributed by atoms with Crippen LogP contribution in [0.1, 0.15) is 16.2 Å². The SMILES string of the molecule is N#CCn1nc2n(c1=O)CCN(C(=O)c1cccc3[nH]ccc13)CC2. The van der Waals surface area contributed by atoms with Gasteiger partial charge in [0.05, 0.1) is 6.07 Å². The van der Waals surface area contributed by atoms with Crippen LogP contribution in [-0.4, -0.2) is 43.2 Å². The van der Waals surface area contributed by atoms with Crippen LogP contribution in [0.2, 0.25) is 0 Å². The molecule has 0 aliphatic carbocycles. The summed E-state index contributed by atoms with van der Waals surface area (Å²) in [7, 11) is 0. The molecule has 0 saturated carbocycles. The molecule has 3 aromatic rings. The predicted molar refractivity (Wildman–Crippen MR) is 90.0 cm³/mol. The Bertz CT molecular complexity index is 1050. The second-order valence-corrected chi connectivity index (χ2v) is 5.95. The number of hydrogen-bond acceptors (Lipinski definition) is 4. The van der Waals surface area contributed by atoms with Gasteiger partial charge in [0, 0.05) is 48.7 Å². The molecule has 0 unspecified atom stereocenters. The van der Waals surface area contributed by atoms with Crippen molar-refractivity contribution in [1.82, 2.24) is 24.2 Å². The quantitative estimate of drug-likeness (QED) is 0.746. The summed E-state index contributed by atoms with van der Waals surface area (Å²) in [5.74, 6) is 0.573. The van der Waals surface area contributed by atoms with E-state index < -0.39 is 0 Å². The van der Waals surface area contributed by atoms with Crippen LogP contribution in [0.3, 0.4) is 0 Å². The molecule has 25 heavy (non-hydrogen) atoms. The molecule has 8 heteroatoms. The average Bonchev–Trinajstić information content (AvgIpc) is 3.14. The van der Waals surface area contributed by atoms with E-state index in [4.69, 9.17) is 5.26 Å². The summed E-state index contributed by atoms with van der Waals surface area (Å²) in [6.07, 6.45) is 2.31. The normalized spacial score (nSPS) is 14.1. The minimum absolute atomic E-state index is 0.0479. The van der Waals surface area contributed by atoms with Gasteiger partial charge in [0.1, 0.15) is 12.4 Å². The van der Waals surface area contributed by atoms with Crippen molar-refractivity contribution < 1.29 is 4.79 Å². The van der Waals surface area contributed by atoms with Gasteiger partial charge in [-0.15, -0.1) is 0 Å². The van der Waals surface area contributed by atoms with E-state index in [-0.39, 0.29) is 18.1 Å². The maximum absolute atomic E-state index is 12.9. The Labute approximate surface area is 142 Å². The fraction of sp³-hybridized carbons (Fsp3) is 0.294. The largest absolute Gasteiger partial charge is 0.361 e. The summed E-state index contributed by atoms with van der Waals surface area (Å²) in [5, 5.41) is 13.9. The van der Waals surface area contributed by atoms with Crippen LogP contribution in [0.4, 0.5) is 0 Å². The third-order valence-electron chi connectivity index (χ3n) is 4.53. The summed E-state index contributed by atoms with van der Waals surface area (Å²) >= 11 is 0. The van der Waals surface area contributed by atoms with Crippen molar-refractivity contribution in [3.05, 3.63) is 52.3 Å². The number of nitrogens with zero attached hydrogens (tertiary/aromatic N) is 5. The van der Waals surface area contributed by atoms with Gasteiger partial charge < -0.3 is 9.88 Å². The molecule has 4 rings (SSSR count). The number of carbonyl (C=O) groups excluding carboxylic acids is 1. The summed E-state index contributed by atoms with van der Waals surface area (Å²) in [6.45, 7) is 1.25.